The van der Waals surface area contributed by atoms with Crippen molar-refractivity contribution in [3.05, 3.63) is 0 Å². The first-order chi connectivity index (χ1) is 15.2. The zero-order valence-electron chi connectivity index (χ0n) is 21.2. The molecule has 0 unspecified atom stereocenters. The second kappa shape index (κ2) is 24.6. The van der Waals surface area contributed by atoms with Crippen molar-refractivity contribution in [2.75, 3.05) is 26.0 Å². The lowest BCUT2D eigenvalue weighted by atomic mass is 10.1. The standard InChI is InChI=1S/C26H54O4P/c1-4-7-10-12-14-16-18-20-24-29-31(26-22-27,28-23-9-6-3)30-25-21-19-17-15-13-11-8-5-2/h22H,4-21,23-26H2,1-3H3/q+1. The van der Waals surface area contributed by atoms with Crippen LogP contribution in [0.5, 0.6) is 0 Å². The van der Waals surface area contributed by atoms with Crippen LogP contribution in [-0.4, -0.2) is 32.3 Å². The molecular formula is C26H54O4P+. The van der Waals surface area contributed by atoms with Gasteiger partial charge in [0.2, 0.25) is 0 Å². The van der Waals surface area contributed by atoms with Gasteiger partial charge in [-0.3, -0.25) is 4.79 Å². The highest BCUT2D eigenvalue weighted by molar-refractivity contribution is 7.62. The summed E-state index contributed by atoms with van der Waals surface area (Å²) in [6.07, 6.45) is 23.5. The smallest absolute Gasteiger partial charge is 0.299 e. The van der Waals surface area contributed by atoms with E-state index in [9.17, 15) is 4.79 Å². The van der Waals surface area contributed by atoms with Crippen LogP contribution in [0.1, 0.15) is 136 Å². The average molecular weight is 462 g/mol. The van der Waals surface area contributed by atoms with E-state index in [2.05, 4.69) is 20.8 Å². The third-order valence-electron chi connectivity index (χ3n) is 5.66. The van der Waals surface area contributed by atoms with E-state index in [-0.39, 0.29) is 6.16 Å². The minimum absolute atomic E-state index is 0.255. The molecule has 0 aliphatic rings. The minimum atomic E-state index is -2.53. The van der Waals surface area contributed by atoms with Gasteiger partial charge in [0.25, 0.3) is 0 Å². The zero-order chi connectivity index (χ0) is 22.9. The summed E-state index contributed by atoms with van der Waals surface area (Å²) in [5, 5.41) is 0. The van der Waals surface area contributed by atoms with Crippen LogP contribution in [0.2, 0.25) is 0 Å². The van der Waals surface area contributed by atoms with Crippen molar-refractivity contribution in [2.24, 2.45) is 0 Å². The summed E-state index contributed by atoms with van der Waals surface area (Å²) >= 11 is 0. The van der Waals surface area contributed by atoms with Gasteiger partial charge in [0, 0.05) is 0 Å². The summed E-state index contributed by atoms with van der Waals surface area (Å²) in [5.41, 5.74) is 0. The summed E-state index contributed by atoms with van der Waals surface area (Å²) < 4.78 is 18.4. The fourth-order valence-corrected chi connectivity index (χ4v) is 5.53. The summed E-state index contributed by atoms with van der Waals surface area (Å²) in [4.78, 5) is 11.4. The van der Waals surface area contributed by atoms with Crippen molar-refractivity contribution in [1.29, 1.82) is 0 Å². The molecule has 0 aromatic rings. The molecule has 0 aromatic heterocycles. The van der Waals surface area contributed by atoms with Crippen molar-refractivity contribution in [3.8, 4) is 0 Å². The Morgan fingerprint density at radius 1 is 0.484 bits per heavy atom. The van der Waals surface area contributed by atoms with Gasteiger partial charge < -0.3 is 0 Å². The Labute approximate surface area is 195 Å². The fourth-order valence-electron chi connectivity index (χ4n) is 3.59. The van der Waals surface area contributed by atoms with Gasteiger partial charge >= 0.3 is 7.94 Å². The maximum atomic E-state index is 11.4. The molecule has 4 nitrogen and oxygen atoms in total. The molecule has 0 rings (SSSR count). The minimum Gasteiger partial charge on any atom is -0.299 e. The predicted octanol–water partition coefficient (Wildman–Crippen LogP) is 9.08. The number of hydrogen-bond donors (Lipinski definition) is 0. The second-order valence-electron chi connectivity index (χ2n) is 8.76. The summed E-state index contributed by atoms with van der Waals surface area (Å²) in [6, 6.07) is 0. The van der Waals surface area contributed by atoms with E-state index in [1.807, 2.05) is 0 Å². The van der Waals surface area contributed by atoms with Gasteiger partial charge in [0.15, 0.2) is 12.4 Å². The van der Waals surface area contributed by atoms with Gasteiger partial charge in [-0.1, -0.05) is 117 Å². The Bertz CT molecular complexity index is 343. The van der Waals surface area contributed by atoms with Crippen molar-refractivity contribution in [3.63, 3.8) is 0 Å². The Morgan fingerprint density at radius 3 is 1.16 bits per heavy atom. The highest BCUT2D eigenvalue weighted by Crippen LogP contribution is 2.61. The van der Waals surface area contributed by atoms with Crippen LogP contribution in [0.3, 0.4) is 0 Å². The van der Waals surface area contributed by atoms with Crippen LogP contribution in [0, 0.1) is 0 Å². The van der Waals surface area contributed by atoms with Crippen LogP contribution < -0.4 is 0 Å². The number of hydrogen-bond acceptors (Lipinski definition) is 4. The van der Waals surface area contributed by atoms with Crippen LogP contribution in [0.4, 0.5) is 0 Å². The number of unbranched alkanes of at least 4 members (excludes halogenated alkanes) is 15. The lowest BCUT2D eigenvalue weighted by Gasteiger charge is -2.21. The van der Waals surface area contributed by atoms with Gasteiger partial charge in [-0.05, 0) is 19.3 Å². The Hall–Kier alpha value is -0.0200. The number of aldehydes is 1. The molecule has 0 fully saturated rings. The van der Waals surface area contributed by atoms with Crippen molar-refractivity contribution in [2.45, 2.75) is 136 Å². The predicted molar refractivity (Wildman–Crippen MR) is 136 cm³/mol. The lowest BCUT2D eigenvalue weighted by Crippen LogP contribution is -2.14. The normalized spacial score (nSPS) is 11.8. The van der Waals surface area contributed by atoms with E-state index in [1.54, 1.807) is 0 Å². The summed E-state index contributed by atoms with van der Waals surface area (Å²) in [7, 11) is -2.53. The Kier molecular flexibility index (Phi) is 24.6. The van der Waals surface area contributed by atoms with E-state index >= 15 is 0 Å². The average Bonchev–Trinajstić information content (AvgIpc) is 2.77. The first-order valence-electron chi connectivity index (χ1n) is 13.5. The number of carbonyl (C=O) groups excluding carboxylic acids is 1. The quantitative estimate of drug-likeness (QED) is 0.0732. The summed E-state index contributed by atoms with van der Waals surface area (Å²) in [6.45, 7) is 8.55. The Morgan fingerprint density at radius 2 is 0.806 bits per heavy atom. The molecule has 0 N–H and O–H groups in total. The molecule has 5 heteroatoms. The largest absolute Gasteiger partial charge is 0.418 e. The van der Waals surface area contributed by atoms with Crippen molar-refractivity contribution < 1.29 is 18.4 Å². The third kappa shape index (κ3) is 20.3. The van der Waals surface area contributed by atoms with Gasteiger partial charge in [-0.2, -0.15) is 13.6 Å². The van der Waals surface area contributed by atoms with E-state index in [0.717, 1.165) is 32.0 Å². The zero-order valence-corrected chi connectivity index (χ0v) is 22.1. The highest BCUT2D eigenvalue weighted by atomic mass is 31.2. The van der Waals surface area contributed by atoms with Crippen LogP contribution in [0.15, 0.2) is 0 Å². The molecule has 0 bridgehead atoms. The first kappa shape index (κ1) is 31.0. The van der Waals surface area contributed by atoms with Gasteiger partial charge in [0.05, 0.1) is 19.8 Å². The SMILES string of the molecule is CCCCCCCCCCO[P+](CC=O)(OCCCC)OCCCCCCCCCC. The molecule has 0 heterocycles. The topological polar surface area (TPSA) is 44.8 Å². The van der Waals surface area contributed by atoms with Crippen LogP contribution >= 0.6 is 7.94 Å². The molecule has 0 atom stereocenters. The molecule has 0 saturated heterocycles. The summed E-state index contributed by atoms with van der Waals surface area (Å²) in [5.74, 6) is 0. The molecule has 0 spiro atoms. The fraction of sp³-hybridized carbons (Fsp3) is 0.962. The van der Waals surface area contributed by atoms with E-state index in [4.69, 9.17) is 13.6 Å². The number of rotatable bonds is 26. The second-order valence-corrected chi connectivity index (χ2v) is 11.1. The maximum Gasteiger partial charge on any atom is 0.418 e. The molecule has 186 valence electrons. The molecule has 0 radical (unpaired) electrons. The Balaban J connectivity index is 4.19. The van der Waals surface area contributed by atoms with E-state index < -0.39 is 7.94 Å². The highest BCUT2D eigenvalue weighted by Gasteiger charge is 2.44. The van der Waals surface area contributed by atoms with Crippen molar-refractivity contribution in [1.82, 2.24) is 0 Å². The molecule has 0 saturated carbocycles. The van der Waals surface area contributed by atoms with E-state index in [0.29, 0.717) is 19.8 Å². The molecule has 0 aliphatic carbocycles. The first-order valence-corrected chi connectivity index (χ1v) is 15.2. The lowest BCUT2D eigenvalue weighted by molar-refractivity contribution is -0.106. The molecule has 31 heavy (non-hydrogen) atoms. The van der Waals surface area contributed by atoms with Gasteiger partial charge in [-0.25, -0.2) is 0 Å². The van der Waals surface area contributed by atoms with Crippen molar-refractivity contribution >= 4 is 14.2 Å². The monoisotopic (exact) mass is 461 g/mol. The van der Waals surface area contributed by atoms with Gasteiger partial charge in [-0.15, -0.1) is 0 Å². The third-order valence-corrected chi connectivity index (χ3v) is 7.98. The molecule has 0 amide bonds. The molecule has 0 aromatic carbocycles. The maximum absolute atomic E-state index is 11.4. The molecule has 0 aliphatic heterocycles. The van der Waals surface area contributed by atoms with Gasteiger partial charge in [0.1, 0.15) is 0 Å². The number of carbonyl (C=O) groups is 1. The van der Waals surface area contributed by atoms with Crippen LogP contribution in [0.25, 0.3) is 0 Å². The van der Waals surface area contributed by atoms with Crippen LogP contribution in [-0.2, 0) is 18.4 Å². The molecular weight excluding hydrogens is 407 g/mol. The van der Waals surface area contributed by atoms with E-state index in [1.165, 1.54) is 89.9 Å².